The number of anilines is 1. The van der Waals surface area contributed by atoms with Crippen molar-refractivity contribution in [1.29, 1.82) is 0 Å². The standard InChI is InChI=1S/C26H31N3O2/c1-6-7-20-12-17(3)29-26(31)23(20)15-28-25(30)22-13-21(14-24(27-5)18(22)4)19-10-8-16(2)9-11-19/h8-14,27H,6-7,15H2,1-5H3,(H,28,30)(H,29,31). The average molecular weight is 418 g/mol. The minimum absolute atomic E-state index is 0.134. The second kappa shape index (κ2) is 9.65. The van der Waals surface area contributed by atoms with E-state index in [1.165, 1.54) is 5.56 Å². The van der Waals surface area contributed by atoms with Gasteiger partial charge in [0.1, 0.15) is 0 Å². The number of pyridine rings is 1. The highest BCUT2D eigenvalue weighted by molar-refractivity contribution is 5.98. The first-order chi connectivity index (χ1) is 14.8. The van der Waals surface area contributed by atoms with Gasteiger partial charge in [-0.1, -0.05) is 43.2 Å². The Hall–Kier alpha value is -3.34. The van der Waals surface area contributed by atoms with Crippen LogP contribution in [0.4, 0.5) is 5.69 Å². The Labute approximate surface area is 183 Å². The number of rotatable bonds is 7. The van der Waals surface area contributed by atoms with Gasteiger partial charge in [0.25, 0.3) is 11.5 Å². The van der Waals surface area contributed by atoms with Crippen molar-refractivity contribution in [2.75, 3.05) is 12.4 Å². The molecule has 1 aromatic heterocycles. The van der Waals surface area contributed by atoms with Gasteiger partial charge in [0.15, 0.2) is 0 Å². The third kappa shape index (κ3) is 5.05. The smallest absolute Gasteiger partial charge is 0.253 e. The molecular formula is C26H31N3O2. The molecule has 3 rings (SSSR count). The van der Waals surface area contributed by atoms with Crippen molar-refractivity contribution in [3.05, 3.63) is 86.3 Å². The molecule has 0 unspecified atom stereocenters. The molecule has 3 N–H and O–H groups in total. The van der Waals surface area contributed by atoms with Gasteiger partial charge in [-0.25, -0.2) is 0 Å². The van der Waals surface area contributed by atoms with Crippen LogP contribution in [0, 0.1) is 20.8 Å². The molecule has 0 saturated heterocycles. The van der Waals surface area contributed by atoms with Crippen molar-refractivity contribution in [3.63, 3.8) is 0 Å². The van der Waals surface area contributed by atoms with Gasteiger partial charge in [-0.15, -0.1) is 0 Å². The lowest BCUT2D eigenvalue weighted by atomic mass is 9.96. The van der Waals surface area contributed by atoms with Crippen LogP contribution in [-0.2, 0) is 13.0 Å². The zero-order chi connectivity index (χ0) is 22.5. The molecule has 5 heteroatoms. The van der Waals surface area contributed by atoms with Gasteiger partial charge in [0, 0.05) is 36.1 Å². The molecule has 5 nitrogen and oxygen atoms in total. The molecule has 0 aliphatic carbocycles. The van der Waals surface area contributed by atoms with Crippen LogP contribution >= 0.6 is 0 Å². The number of aryl methyl sites for hydroxylation is 3. The number of benzene rings is 2. The molecule has 0 fully saturated rings. The zero-order valence-corrected chi connectivity index (χ0v) is 19.0. The summed E-state index contributed by atoms with van der Waals surface area (Å²) in [5, 5.41) is 6.16. The van der Waals surface area contributed by atoms with Crippen LogP contribution in [0.1, 0.15) is 51.7 Å². The van der Waals surface area contributed by atoms with Crippen LogP contribution in [-0.4, -0.2) is 17.9 Å². The predicted octanol–water partition coefficient (Wildman–Crippen LogP) is 4.89. The molecule has 3 aromatic rings. The molecule has 31 heavy (non-hydrogen) atoms. The molecule has 0 atom stereocenters. The van der Waals surface area contributed by atoms with Gasteiger partial charge >= 0.3 is 0 Å². The Kier molecular flexibility index (Phi) is 6.95. The second-order valence-corrected chi connectivity index (χ2v) is 8.03. The summed E-state index contributed by atoms with van der Waals surface area (Å²) in [5.74, 6) is -0.189. The van der Waals surface area contributed by atoms with E-state index in [0.29, 0.717) is 11.1 Å². The van der Waals surface area contributed by atoms with Gasteiger partial charge in [-0.3, -0.25) is 9.59 Å². The van der Waals surface area contributed by atoms with E-state index in [0.717, 1.165) is 46.5 Å². The summed E-state index contributed by atoms with van der Waals surface area (Å²) in [7, 11) is 1.85. The Morgan fingerprint density at radius 1 is 1.00 bits per heavy atom. The van der Waals surface area contributed by atoms with Crippen molar-refractivity contribution in [2.45, 2.75) is 47.1 Å². The Bertz CT molecular complexity index is 1140. The fourth-order valence-electron chi connectivity index (χ4n) is 3.86. The third-order valence-corrected chi connectivity index (χ3v) is 5.61. The molecular weight excluding hydrogens is 386 g/mol. The van der Waals surface area contributed by atoms with Gasteiger partial charge in [0.05, 0.1) is 0 Å². The first-order valence-electron chi connectivity index (χ1n) is 10.7. The fourth-order valence-corrected chi connectivity index (χ4v) is 3.86. The van der Waals surface area contributed by atoms with Gasteiger partial charge in [0.2, 0.25) is 0 Å². The Morgan fingerprint density at radius 3 is 2.35 bits per heavy atom. The number of hydrogen-bond acceptors (Lipinski definition) is 3. The molecule has 0 bridgehead atoms. The fraction of sp³-hybridized carbons (Fsp3) is 0.308. The van der Waals surface area contributed by atoms with Crippen LogP contribution in [0.15, 0.2) is 47.3 Å². The van der Waals surface area contributed by atoms with E-state index in [-0.39, 0.29) is 18.0 Å². The van der Waals surface area contributed by atoms with E-state index in [1.54, 1.807) is 0 Å². The molecule has 1 heterocycles. The first-order valence-corrected chi connectivity index (χ1v) is 10.7. The quantitative estimate of drug-likeness (QED) is 0.512. The van der Waals surface area contributed by atoms with Crippen molar-refractivity contribution >= 4 is 11.6 Å². The highest BCUT2D eigenvalue weighted by Crippen LogP contribution is 2.29. The van der Waals surface area contributed by atoms with Crippen molar-refractivity contribution in [3.8, 4) is 11.1 Å². The maximum Gasteiger partial charge on any atom is 0.253 e. The normalized spacial score (nSPS) is 10.7. The van der Waals surface area contributed by atoms with Crippen LogP contribution in [0.2, 0.25) is 0 Å². The minimum atomic E-state index is -0.189. The van der Waals surface area contributed by atoms with E-state index in [1.807, 2.05) is 33.0 Å². The molecule has 0 aliphatic heterocycles. The third-order valence-electron chi connectivity index (χ3n) is 5.61. The van der Waals surface area contributed by atoms with Crippen molar-refractivity contribution in [2.24, 2.45) is 0 Å². The lowest BCUT2D eigenvalue weighted by Crippen LogP contribution is -2.29. The lowest BCUT2D eigenvalue weighted by Gasteiger charge is -2.15. The molecule has 0 spiro atoms. The van der Waals surface area contributed by atoms with Gasteiger partial charge in [-0.05, 0) is 67.6 Å². The number of nitrogens with one attached hydrogen (secondary N) is 3. The summed E-state index contributed by atoms with van der Waals surface area (Å²) in [5.41, 5.74) is 7.92. The largest absolute Gasteiger partial charge is 0.388 e. The number of aromatic nitrogens is 1. The average Bonchev–Trinajstić information content (AvgIpc) is 2.74. The van der Waals surface area contributed by atoms with Crippen molar-refractivity contribution < 1.29 is 4.79 Å². The second-order valence-electron chi connectivity index (χ2n) is 8.03. The molecule has 0 aliphatic rings. The molecule has 0 saturated carbocycles. The zero-order valence-electron chi connectivity index (χ0n) is 19.0. The highest BCUT2D eigenvalue weighted by atomic mass is 16.1. The maximum absolute atomic E-state index is 13.1. The molecule has 162 valence electrons. The van der Waals surface area contributed by atoms with E-state index < -0.39 is 0 Å². The van der Waals surface area contributed by atoms with E-state index in [4.69, 9.17) is 0 Å². The summed E-state index contributed by atoms with van der Waals surface area (Å²) in [6.45, 7) is 8.14. The lowest BCUT2D eigenvalue weighted by molar-refractivity contribution is 0.0950. The SMILES string of the molecule is CCCc1cc(C)[nH]c(=O)c1CNC(=O)c1cc(-c2ccc(C)cc2)cc(NC)c1C. The van der Waals surface area contributed by atoms with E-state index >= 15 is 0 Å². The first kappa shape index (κ1) is 22.3. The maximum atomic E-state index is 13.1. The highest BCUT2D eigenvalue weighted by Gasteiger charge is 2.16. The van der Waals surface area contributed by atoms with Gasteiger partial charge in [-0.2, -0.15) is 0 Å². The van der Waals surface area contributed by atoms with E-state index in [9.17, 15) is 9.59 Å². The van der Waals surface area contributed by atoms with Crippen LogP contribution in [0.5, 0.6) is 0 Å². The Balaban J connectivity index is 1.92. The summed E-state index contributed by atoms with van der Waals surface area (Å²) < 4.78 is 0. The van der Waals surface area contributed by atoms with E-state index in [2.05, 4.69) is 59.8 Å². The predicted molar refractivity (Wildman–Crippen MR) is 128 cm³/mol. The minimum Gasteiger partial charge on any atom is -0.388 e. The number of carbonyl (C=O) groups is 1. The van der Waals surface area contributed by atoms with Crippen LogP contribution in [0.3, 0.4) is 0 Å². The summed E-state index contributed by atoms with van der Waals surface area (Å²) >= 11 is 0. The summed E-state index contributed by atoms with van der Waals surface area (Å²) in [6, 6.07) is 14.2. The number of amides is 1. The molecule has 2 aromatic carbocycles. The topological polar surface area (TPSA) is 74.0 Å². The number of H-pyrrole nitrogens is 1. The van der Waals surface area contributed by atoms with Crippen molar-refractivity contribution in [1.82, 2.24) is 10.3 Å². The number of aromatic amines is 1. The summed E-state index contributed by atoms with van der Waals surface area (Å²) in [6.07, 6.45) is 1.74. The number of hydrogen-bond donors (Lipinski definition) is 3. The monoisotopic (exact) mass is 417 g/mol. The molecule has 1 amide bonds. The van der Waals surface area contributed by atoms with Crippen LogP contribution < -0.4 is 16.2 Å². The Morgan fingerprint density at radius 2 is 1.71 bits per heavy atom. The van der Waals surface area contributed by atoms with Gasteiger partial charge < -0.3 is 15.6 Å². The van der Waals surface area contributed by atoms with Crippen LogP contribution in [0.25, 0.3) is 11.1 Å². The molecule has 0 radical (unpaired) electrons. The number of carbonyl (C=O) groups excluding carboxylic acids is 1. The summed E-state index contributed by atoms with van der Waals surface area (Å²) in [4.78, 5) is 28.5.